The molecule has 2 aromatic rings. The number of methoxy groups -OCH3 is 2. The number of aromatic nitrogens is 1. The highest BCUT2D eigenvalue weighted by Gasteiger charge is 2.47. The van der Waals surface area contributed by atoms with Crippen LogP contribution in [0.4, 0.5) is 0 Å². The predicted octanol–water partition coefficient (Wildman–Crippen LogP) is 3.28. The van der Waals surface area contributed by atoms with E-state index in [1.165, 1.54) is 16.2 Å². The number of benzene rings is 1. The molecule has 1 aliphatic heterocycles. The van der Waals surface area contributed by atoms with E-state index >= 15 is 0 Å². The van der Waals surface area contributed by atoms with Gasteiger partial charge in [-0.2, -0.15) is 0 Å². The lowest BCUT2D eigenvalue weighted by Crippen LogP contribution is -2.30. The molecule has 2 aliphatic rings. The molecule has 2 amide bonds. The fourth-order valence-corrected chi connectivity index (χ4v) is 4.48. The van der Waals surface area contributed by atoms with Crippen LogP contribution >= 0.6 is 11.3 Å². The lowest BCUT2D eigenvalue weighted by atomic mass is 9.85. The first kappa shape index (κ1) is 17.7. The lowest BCUT2D eigenvalue weighted by Gasteiger charge is -2.14. The molecule has 0 spiro atoms. The number of imide groups is 1. The molecule has 27 heavy (non-hydrogen) atoms. The third-order valence-corrected chi connectivity index (χ3v) is 6.04. The first-order chi connectivity index (χ1) is 13.1. The minimum absolute atomic E-state index is 0.0741. The molecule has 1 aromatic carbocycles. The van der Waals surface area contributed by atoms with E-state index in [-0.39, 0.29) is 30.2 Å². The molecule has 0 radical (unpaired) electrons. The molecule has 1 aliphatic carbocycles. The van der Waals surface area contributed by atoms with Crippen LogP contribution in [0.3, 0.4) is 0 Å². The number of carbonyl (C=O) groups excluding carboxylic acids is 2. The van der Waals surface area contributed by atoms with Crippen molar-refractivity contribution in [3.63, 3.8) is 0 Å². The van der Waals surface area contributed by atoms with Crippen LogP contribution in [-0.2, 0) is 16.1 Å². The van der Waals surface area contributed by atoms with Crippen LogP contribution in [0.5, 0.6) is 11.5 Å². The summed E-state index contributed by atoms with van der Waals surface area (Å²) in [6.07, 6.45) is 5.29. The van der Waals surface area contributed by atoms with Gasteiger partial charge < -0.3 is 9.47 Å². The van der Waals surface area contributed by atoms with Crippen molar-refractivity contribution < 1.29 is 19.1 Å². The zero-order chi connectivity index (χ0) is 19.0. The third-order valence-electron chi connectivity index (χ3n) is 5.10. The van der Waals surface area contributed by atoms with Gasteiger partial charge in [0.2, 0.25) is 11.8 Å². The summed E-state index contributed by atoms with van der Waals surface area (Å²) in [5.74, 6) is 0.735. The van der Waals surface area contributed by atoms with E-state index in [0.29, 0.717) is 24.3 Å². The smallest absolute Gasteiger partial charge is 0.233 e. The summed E-state index contributed by atoms with van der Waals surface area (Å²) in [5.41, 5.74) is 1.62. The molecule has 1 aromatic heterocycles. The number of thiazole rings is 1. The van der Waals surface area contributed by atoms with Gasteiger partial charge in [0.1, 0.15) is 5.01 Å². The van der Waals surface area contributed by atoms with Crippen molar-refractivity contribution in [2.45, 2.75) is 19.4 Å². The van der Waals surface area contributed by atoms with Gasteiger partial charge in [-0.1, -0.05) is 12.2 Å². The average molecular weight is 384 g/mol. The zero-order valence-corrected chi connectivity index (χ0v) is 16.0. The molecule has 1 fully saturated rings. The van der Waals surface area contributed by atoms with Crippen molar-refractivity contribution >= 4 is 23.2 Å². The van der Waals surface area contributed by atoms with E-state index in [1.54, 1.807) is 14.2 Å². The molecule has 6 nitrogen and oxygen atoms in total. The van der Waals surface area contributed by atoms with Crippen molar-refractivity contribution in [3.05, 3.63) is 41.4 Å². The summed E-state index contributed by atoms with van der Waals surface area (Å²) in [6, 6.07) is 5.62. The molecule has 4 rings (SSSR count). The van der Waals surface area contributed by atoms with E-state index in [9.17, 15) is 9.59 Å². The Morgan fingerprint density at radius 2 is 1.74 bits per heavy atom. The lowest BCUT2D eigenvalue weighted by molar-refractivity contribution is -0.140. The topological polar surface area (TPSA) is 68.7 Å². The molecule has 2 atom stereocenters. The number of likely N-dealkylation sites (tertiary alicyclic amines) is 1. The number of nitrogens with zero attached hydrogens (tertiary/aromatic N) is 2. The van der Waals surface area contributed by atoms with Crippen LogP contribution in [0, 0.1) is 11.8 Å². The number of amides is 2. The van der Waals surface area contributed by atoms with Gasteiger partial charge in [0.15, 0.2) is 11.5 Å². The van der Waals surface area contributed by atoms with Gasteiger partial charge in [0.05, 0.1) is 38.3 Å². The first-order valence-electron chi connectivity index (χ1n) is 8.79. The molecule has 140 valence electrons. The average Bonchev–Trinajstić information content (AvgIpc) is 3.27. The third kappa shape index (κ3) is 3.12. The highest BCUT2D eigenvalue weighted by Crippen LogP contribution is 2.37. The second-order valence-electron chi connectivity index (χ2n) is 6.63. The fourth-order valence-electron chi connectivity index (χ4n) is 3.67. The number of carbonyl (C=O) groups is 2. The van der Waals surface area contributed by atoms with Crippen LogP contribution in [0.1, 0.15) is 18.5 Å². The standard InChI is InChI=1S/C20H20N2O4S/c1-25-16-8-7-12(9-17(16)26-2)18-21-13(11-27-18)10-22-19(23)14-5-3-4-6-15(14)20(22)24/h3-4,7-9,11,14-15H,5-6,10H2,1-2H3/t14-,15-/m0/s1. The summed E-state index contributed by atoms with van der Waals surface area (Å²) in [7, 11) is 3.18. The molecular formula is C20H20N2O4S. The first-order valence-corrected chi connectivity index (χ1v) is 9.67. The van der Waals surface area contributed by atoms with Crippen LogP contribution in [0.15, 0.2) is 35.7 Å². The van der Waals surface area contributed by atoms with Gasteiger partial charge in [0, 0.05) is 10.9 Å². The Kier molecular flexibility index (Phi) is 4.70. The molecule has 0 unspecified atom stereocenters. The zero-order valence-electron chi connectivity index (χ0n) is 15.2. The van der Waals surface area contributed by atoms with Crippen molar-refractivity contribution in [3.8, 4) is 22.1 Å². The van der Waals surface area contributed by atoms with E-state index in [2.05, 4.69) is 4.98 Å². The summed E-state index contributed by atoms with van der Waals surface area (Å²) in [4.78, 5) is 31.2. The van der Waals surface area contributed by atoms with E-state index < -0.39 is 0 Å². The maximum Gasteiger partial charge on any atom is 0.233 e. The highest BCUT2D eigenvalue weighted by atomic mass is 32.1. The molecule has 0 bridgehead atoms. The van der Waals surface area contributed by atoms with E-state index in [4.69, 9.17) is 9.47 Å². The molecule has 0 N–H and O–H groups in total. The van der Waals surface area contributed by atoms with Gasteiger partial charge in [0.25, 0.3) is 0 Å². The largest absolute Gasteiger partial charge is 0.493 e. The number of hydrogen-bond donors (Lipinski definition) is 0. The minimum atomic E-state index is -0.202. The number of fused-ring (bicyclic) bond motifs is 1. The van der Waals surface area contributed by atoms with Crippen LogP contribution < -0.4 is 9.47 Å². The number of ether oxygens (including phenoxy) is 2. The minimum Gasteiger partial charge on any atom is -0.493 e. The maximum atomic E-state index is 12.6. The quantitative estimate of drug-likeness (QED) is 0.585. The summed E-state index contributed by atoms with van der Waals surface area (Å²) >= 11 is 1.48. The van der Waals surface area contributed by atoms with E-state index in [0.717, 1.165) is 16.3 Å². The van der Waals surface area contributed by atoms with Gasteiger partial charge in [-0.15, -0.1) is 11.3 Å². The fraction of sp³-hybridized carbons (Fsp3) is 0.350. The number of rotatable bonds is 5. The molecule has 7 heteroatoms. The number of hydrogen-bond acceptors (Lipinski definition) is 6. The van der Waals surface area contributed by atoms with Crippen molar-refractivity contribution in [1.82, 2.24) is 9.88 Å². The Morgan fingerprint density at radius 3 is 2.37 bits per heavy atom. The van der Waals surface area contributed by atoms with Crippen LogP contribution in [0.25, 0.3) is 10.6 Å². The van der Waals surface area contributed by atoms with Crippen molar-refractivity contribution in [2.24, 2.45) is 11.8 Å². The SMILES string of the molecule is COc1ccc(-c2nc(CN3C(=O)[C@H]4CC=CC[C@@H]4C3=O)cs2)cc1OC. The molecule has 2 heterocycles. The van der Waals surface area contributed by atoms with Gasteiger partial charge in [-0.3, -0.25) is 14.5 Å². The Labute approximate surface area is 161 Å². The normalized spacial score (nSPS) is 21.5. The van der Waals surface area contributed by atoms with Crippen molar-refractivity contribution in [2.75, 3.05) is 14.2 Å². The second kappa shape index (κ2) is 7.15. The monoisotopic (exact) mass is 384 g/mol. The molecular weight excluding hydrogens is 364 g/mol. The Bertz CT molecular complexity index is 894. The molecule has 0 saturated carbocycles. The summed E-state index contributed by atoms with van der Waals surface area (Å²) < 4.78 is 10.6. The van der Waals surface area contributed by atoms with Gasteiger partial charge in [-0.05, 0) is 31.0 Å². The highest BCUT2D eigenvalue weighted by molar-refractivity contribution is 7.13. The maximum absolute atomic E-state index is 12.6. The number of allylic oxidation sites excluding steroid dienone is 2. The van der Waals surface area contributed by atoms with Gasteiger partial charge in [-0.25, -0.2) is 4.98 Å². The molecule has 1 saturated heterocycles. The van der Waals surface area contributed by atoms with Crippen LogP contribution in [-0.4, -0.2) is 35.9 Å². The van der Waals surface area contributed by atoms with E-state index in [1.807, 2.05) is 35.7 Å². The predicted molar refractivity (Wildman–Crippen MR) is 102 cm³/mol. The van der Waals surface area contributed by atoms with Crippen LogP contribution in [0.2, 0.25) is 0 Å². The van der Waals surface area contributed by atoms with Crippen molar-refractivity contribution in [1.29, 1.82) is 0 Å². The van der Waals surface area contributed by atoms with Gasteiger partial charge >= 0.3 is 0 Å². The Morgan fingerprint density at radius 1 is 1.07 bits per heavy atom. The Hall–Kier alpha value is -2.67. The summed E-state index contributed by atoms with van der Waals surface area (Å²) in [6.45, 7) is 0.231. The summed E-state index contributed by atoms with van der Waals surface area (Å²) in [5, 5.41) is 2.71. The second-order valence-corrected chi connectivity index (χ2v) is 7.49. The Balaban J connectivity index is 1.54.